The SMILES string of the molecule is CCC(CC)N(CC(C)C)C(=O)NC(CCO)C(=O)O. The van der Waals surface area contributed by atoms with Crippen LogP contribution in [-0.2, 0) is 4.79 Å². The lowest BCUT2D eigenvalue weighted by Crippen LogP contribution is -2.52. The summed E-state index contributed by atoms with van der Waals surface area (Å²) in [4.78, 5) is 25.0. The number of hydrogen-bond donors (Lipinski definition) is 3. The number of carbonyl (C=O) groups excluding carboxylic acids is 1. The molecule has 0 aliphatic heterocycles. The van der Waals surface area contributed by atoms with E-state index in [2.05, 4.69) is 5.32 Å². The molecule has 0 aromatic heterocycles. The van der Waals surface area contributed by atoms with Gasteiger partial charge in [0.25, 0.3) is 0 Å². The van der Waals surface area contributed by atoms with Crippen LogP contribution < -0.4 is 5.32 Å². The second kappa shape index (κ2) is 9.58. The number of aliphatic hydroxyl groups is 1. The predicted molar refractivity (Wildman–Crippen MR) is 77.6 cm³/mol. The van der Waals surface area contributed by atoms with E-state index in [1.807, 2.05) is 27.7 Å². The number of nitrogens with one attached hydrogen (secondary N) is 1. The number of carboxylic acid groups (broad SMARTS) is 1. The maximum absolute atomic E-state index is 12.3. The van der Waals surface area contributed by atoms with E-state index in [1.165, 1.54) is 0 Å². The van der Waals surface area contributed by atoms with Crippen molar-refractivity contribution in [3.05, 3.63) is 0 Å². The number of rotatable bonds is 9. The molecule has 0 saturated carbocycles. The molecule has 0 radical (unpaired) electrons. The highest BCUT2D eigenvalue weighted by Gasteiger charge is 2.26. The van der Waals surface area contributed by atoms with E-state index in [9.17, 15) is 9.59 Å². The van der Waals surface area contributed by atoms with E-state index in [0.29, 0.717) is 12.5 Å². The largest absolute Gasteiger partial charge is 0.480 e. The third kappa shape index (κ3) is 6.23. The standard InChI is InChI=1S/C14H28N2O4/c1-5-11(6-2)16(9-10(3)4)14(20)15-12(7-8-17)13(18)19/h10-12,17H,5-9H2,1-4H3,(H,15,20)(H,18,19). The Morgan fingerprint density at radius 1 is 1.20 bits per heavy atom. The molecule has 20 heavy (non-hydrogen) atoms. The number of amides is 2. The molecule has 0 rings (SSSR count). The molecule has 118 valence electrons. The second-order valence-electron chi connectivity index (χ2n) is 5.37. The van der Waals surface area contributed by atoms with Gasteiger partial charge in [0.05, 0.1) is 0 Å². The zero-order valence-corrected chi connectivity index (χ0v) is 12.9. The average molecular weight is 288 g/mol. The molecule has 0 fully saturated rings. The number of carboxylic acids is 1. The first-order chi connectivity index (χ1) is 9.37. The van der Waals surface area contributed by atoms with Gasteiger partial charge in [0.15, 0.2) is 0 Å². The van der Waals surface area contributed by atoms with Crippen LogP contribution in [0.4, 0.5) is 4.79 Å². The molecule has 2 amide bonds. The van der Waals surface area contributed by atoms with Crippen molar-refractivity contribution in [3.8, 4) is 0 Å². The van der Waals surface area contributed by atoms with Crippen molar-refractivity contribution in [2.75, 3.05) is 13.2 Å². The molecular formula is C14H28N2O4. The molecule has 3 N–H and O–H groups in total. The van der Waals surface area contributed by atoms with Gasteiger partial charge in [-0.2, -0.15) is 0 Å². The van der Waals surface area contributed by atoms with Gasteiger partial charge in [-0.05, 0) is 18.8 Å². The second-order valence-corrected chi connectivity index (χ2v) is 5.37. The number of aliphatic carboxylic acids is 1. The van der Waals surface area contributed by atoms with Crippen LogP contribution in [0.5, 0.6) is 0 Å². The van der Waals surface area contributed by atoms with Crippen LogP contribution in [0, 0.1) is 5.92 Å². The van der Waals surface area contributed by atoms with Gasteiger partial charge in [-0.25, -0.2) is 9.59 Å². The summed E-state index contributed by atoms with van der Waals surface area (Å²) >= 11 is 0. The minimum atomic E-state index is -1.12. The van der Waals surface area contributed by atoms with Crippen LogP contribution in [0.3, 0.4) is 0 Å². The van der Waals surface area contributed by atoms with Crippen molar-refractivity contribution in [2.45, 2.75) is 59.0 Å². The van der Waals surface area contributed by atoms with Gasteiger partial charge in [0, 0.05) is 25.6 Å². The van der Waals surface area contributed by atoms with Gasteiger partial charge >= 0.3 is 12.0 Å². The van der Waals surface area contributed by atoms with Crippen molar-refractivity contribution in [2.24, 2.45) is 5.92 Å². The van der Waals surface area contributed by atoms with Crippen LogP contribution in [0.2, 0.25) is 0 Å². The quantitative estimate of drug-likeness (QED) is 0.602. The molecule has 0 aromatic rings. The minimum Gasteiger partial charge on any atom is -0.480 e. The van der Waals surface area contributed by atoms with E-state index in [1.54, 1.807) is 4.90 Å². The van der Waals surface area contributed by atoms with Crippen LogP contribution >= 0.6 is 0 Å². The highest BCUT2D eigenvalue weighted by Crippen LogP contribution is 2.12. The van der Waals surface area contributed by atoms with Crippen LogP contribution in [0.1, 0.15) is 47.0 Å². The van der Waals surface area contributed by atoms with Crippen molar-refractivity contribution >= 4 is 12.0 Å². The molecule has 0 aromatic carbocycles. The van der Waals surface area contributed by atoms with Crippen molar-refractivity contribution in [1.82, 2.24) is 10.2 Å². The third-order valence-electron chi connectivity index (χ3n) is 3.22. The lowest BCUT2D eigenvalue weighted by Gasteiger charge is -2.33. The Balaban J connectivity index is 4.88. The molecule has 1 atom stereocenters. The van der Waals surface area contributed by atoms with E-state index in [-0.39, 0.29) is 25.1 Å². The van der Waals surface area contributed by atoms with E-state index >= 15 is 0 Å². The fourth-order valence-electron chi connectivity index (χ4n) is 2.14. The first kappa shape index (κ1) is 18.7. The predicted octanol–water partition coefficient (Wildman–Crippen LogP) is 1.68. The van der Waals surface area contributed by atoms with E-state index in [4.69, 9.17) is 10.2 Å². The van der Waals surface area contributed by atoms with Gasteiger partial charge in [-0.3, -0.25) is 0 Å². The Morgan fingerprint density at radius 2 is 1.75 bits per heavy atom. The third-order valence-corrected chi connectivity index (χ3v) is 3.22. The van der Waals surface area contributed by atoms with Crippen LogP contribution in [0.15, 0.2) is 0 Å². The summed E-state index contributed by atoms with van der Waals surface area (Å²) in [6, 6.07) is -1.31. The fraction of sp³-hybridized carbons (Fsp3) is 0.857. The van der Waals surface area contributed by atoms with Gasteiger partial charge in [-0.1, -0.05) is 27.7 Å². The highest BCUT2D eigenvalue weighted by atomic mass is 16.4. The molecule has 0 heterocycles. The van der Waals surface area contributed by atoms with Crippen molar-refractivity contribution < 1.29 is 19.8 Å². The van der Waals surface area contributed by atoms with Crippen molar-refractivity contribution in [1.29, 1.82) is 0 Å². The summed E-state index contributed by atoms with van der Waals surface area (Å²) < 4.78 is 0. The first-order valence-corrected chi connectivity index (χ1v) is 7.28. The summed E-state index contributed by atoms with van der Waals surface area (Å²) in [5.74, 6) is -0.816. The number of hydrogen-bond acceptors (Lipinski definition) is 3. The molecule has 0 saturated heterocycles. The van der Waals surface area contributed by atoms with Gasteiger partial charge in [-0.15, -0.1) is 0 Å². The topological polar surface area (TPSA) is 89.9 Å². The lowest BCUT2D eigenvalue weighted by atomic mass is 10.1. The molecule has 6 heteroatoms. The average Bonchev–Trinajstić information content (AvgIpc) is 2.37. The molecule has 6 nitrogen and oxygen atoms in total. The van der Waals surface area contributed by atoms with Crippen molar-refractivity contribution in [3.63, 3.8) is 0 Å². The summed E-state index contributed by atoms with van der Waals surface area (Å²) in [5.41, 5.74) is 0. The summed E-state index contributed by atoms with van der Waals surface area (Å²) in [5, 5.41) is 20.4. The maximum Gasteiger partial charge on any atom is 0.326 e. The molecule has 0 aliphatic carbocycles. The number of nitrogens with zero attached hydrogens (tertiary/aromatic N) is 1. The zero-order valence-electron chi connectivity index (χ0n) is 12.9. The Hall–Kier alpha value is -1.30. The Kier molecular flexibility index (Phi) is 8.96. The van der Waals surface area contributed by atoms with Crippen LogP contribution in [-0.4, -0.2) is 52.3 Å². The number of carbonyl (C=O) groups is 2. The smallest absolute Gasteiger partial charge is 0.326 e. The summed E-state index contributed by atoms with van der Waals surface area (Å²) in [6.07, 6.45) is 1.67. The molecule has 0 spiro atoms. The fourth-order valence-corrected chi connectivity index (χ4v) is 2.14. The lowest BCUT2D eigenvalue weighted by molar-refractivity contribution is -0.139. The minimum absolute atomic E-state index is 0.0134. The zero-order chi connectivity index (χ0) is 15.7. The molecule has 0 aliphatic rings. The Labute approximate surface area is 121 Å². The molecule has 1 unspecified atom stereocenters. The summed E-state index contributed by atoms with van der Waals surface area (Å²) in [7, 11) is 0. The first-order valence-electron chi connectivity index (χ1n) is 7.28. The Bertz CT molecular complexity index is 304. The maximum atomic E-state index is 12.3. The van der Waals surface area contributed by atoms with Gasteiger partial charge in [0.1, 0.15) is 6.04 Å². The van der Waals surface area contributed by atoms with Gasteiger partial charge in [0.2, 0.25) is 0 Å². The van der Waals surface area contributed by atoms with E-state index in [0.717, 1.165) is 12.8 Å². The van der Waals surface area contributed by atoms with Crippen LogP contribution in [0.25, 0.3) is 0 Å². The number of urea groups is 1. The Morgan fingerprint density at radius 3 is 2.10 bits per heavy atom. The normalized spacial score (nSPS) is 12.6. The monoisotopic (exact) mass is 288 g/mol. The molecular weight excluding hydrogens is 260 g/mol. The molecule has 0 bridgehead atoms. The highest BCUT2D eigenvalue weighted by molar-refractivity contribution is 5.82. The summed E-state index contributed by atoms with van der Waals surface area (Å²) in [6.45, 7) is 8.38. The van der Waals surface area contributed by atoms with Gasteiger partial charge < -0.3 is 20.4 Å². The number of aliphatic hydroxyl groups excluding tert-OH is 1. The van der Waals surface area contributed by atoms with E-state index < -0.39 is 12.0 Å².